The molecule has 32 heavy (non-hydrogen) atoms. The lowest BCUT2D eigenvalue weighted by molar-refractivity contribution is 0.253. The van der Waals surface area contributed by atoms with E-state index < -0.39 is 0 Å². The van der Waals surface area contributed by atoms with Gasteiger partial charge in [-0.05, 0) is 73.8 Å². The van der Waals surface area contributed by atoms with Crippen LogP contribution in [-0.2, 0) is 6.42 Å². The first kappa shape index (κ1) is 20.3. The van der Waals surface area contributed by atoms with Gasteiger partial charge in [0.05, 0.1) is 11.6 Å². The average Bonchev–Trinajstić information content (AvgIpc) is 3.24. The molecule has 1 aliphatic rings. The third kappa shape index (κ3) is 4.25. The Morgan fingerprint density at radius 1 is 1.00 bits per heavy atom. The molecule has 0 aliphatic carbocycles. The number of rotatable bonds is 6. The van der Waals surface area contributed by atoms with Gasteiger partial charge in [-0.3, -0.25) is 4.90 Å². The molecule has 0 spiro atoms. The Balaban J connectivity index is 1.11. The Morgan fingerprint density at radius 3 is 2.72 bits per heavy atom. The number of piperazine rings is 1. The van der Waals surface area contributed by atoms with Crippen molar-refractivity contribution < 1.29 is 4.42 Å². The number of nitriles is 1. The van der Waals surface area contributed by atoms with Gasteiger partial charge >= 0.3 is 5.63 Å². The molecule has 1 aliphatic heterocycles. The van der Waals surface area contributed by atoms with E-state index in [1.165, 1.54) is 29.1 Å². The van der Waals surface area contributed by atoms with Crippen molar-refractivity contribution in [2.24, 2.45) is 0 Å². The minimum absolute atomic E-state index is 0.310. The number of hydrogen-bond donors (Lipinski definition) is 1. The number of nitrogens with one attached hydrogen (secondary N) is 1. The van der Waals surface area contributed by atoms with Gasteiger partial charge in [-0.1, -0.05) is 0 Å². The van der Waals surface area contributed by atoms with Crippen LogP contribution < -0.4 is 10.5 Å². The van der Waals surface area contributed by atoms with Crippen LogP contribution in [0.5, 0.6) is 0 Å². The highest BCUT2D eigenvalue weighted by Gasteiger charge is 2.17. The van der Waals surface area contributed by atoms with E-state index in [4.69, 9.17) is 9.68 Å². The summed E-state index contributed by atoms with van der Waals surface area (Å²) in [5.41, 5.74) is 4.63. The van der Waals surface area contributed by atoms with Gasteiger partial charge in [0, 0.05) is 60.4 Å². The van der Waals surface area contributed by atoms with Crippen LogP contribution in [0.25, 0.3) is 21.9 Å². The van der Waals surface area contributed by atoms with Crippen LogP contribution in [0.4, 0.5) is 5.69 Å². The van der Waals surface area contributed by atoms with Crippen LogP contribution in [-0.4, -0.2) is 42.6 Å². The number of benzene rings is 2. The summed E-state index contributed by atoms with van der Waals surface area (Å²) in [6.45, 7) is 5.23. The summed E-state index contributed by atoms with van der Waals surface area (Å²) in [5.74, 6) is 0. The second-order valence-corrected chi connectivity index (χ2v) is 8.45. The van der Waals surface area contributed by atoms with Gasteiger partial charge in [0.1, 0.15) is 5.58 Å². The van der Waals surface area contributed by atoms with Crippen molar-refractivity contribution in [1.29, 1.82) is 5.26 Å². The Morgan fingerprint density at radius 2 is 1.88 bits per heavy atom. The van der Waals surface area contributed by atoms with E-state index in [0.717, 1.165) is 56.5 Å². The fourth-order valence-electron chi connectivity index (χ4n) is 4.59. The normalized spacial score (nSPS) is 14.8. The smallest absolute Gasteiger partial charge is 0.336 e. The highest BCUT2D eigenvalue weighted by Crippen LogP contribution is 2.23. The summed E-state index contributed by atoms with van der Waals surface area (Å²) in [6.07, 6.45) is 5.42. The highest BCUT2D eigenvalue weighted by atomic mass is 16.4. The molecule has 0 saturated carbocycles. The quantitative estimate of drug-likeness (QED) is 0.368. The first-order valence-electron chi connectivity index (χ1n) is 11.2. The molecule has 1 N–H and O–H groups in total. The fraction of sp³-hybridized carbons (Fsp3) is 0.308. The number of aromatic nitrogens is 1. The summed E-state index contributed by atoms with van der Waals surface area (Å²) in [5, 5.41) is 11.3. The molecule has 2 aromatic carbocycles. The number of H-pyrrole nitrogens is 1. The van der Waals surface area contributed by atoms with Crippen LogP contribution in [0, 0.1) is 11.3 Å². The molecule has 5 rings (SSSR count). The molecule has 2 aromatic heterocycles. The third-order valence-corrected chi connectivity index (χ3v) is 6.41. The molecule has 3 heterocycles. The van der Waals surface area contributed by atoms with Gasteiger partial charge in [-0.15, -0.1) is 0 Å². The lowest BCUT2D eigenvalue weighted by Gasteiger charge is -2.36. The van der Waals surface area contributed by atoms with Crippen molar-refractivity contribution in [3.63, 3.8) is 0 Å². The van der Waals surface area contributed by atoms with Crippen molar-refractivity contribution in [2.75, 3.05) is 37.6 Å². The molecular formula is C26H26N4O2. The number of hydrogen-bond acceptors (Lipinski definition) is 5. The minimum atomic E-state index is -0.310. The van der Waals surface area contributed by atoms with E-state index in [1.807, 2.05) is 36.4 Å². The van der Waals surface area contributed by atoms with Crippen molar-refractivity contribution in [2.45, 2.75) is 19.3 Å². The van der Waals surface area contributed by atoms with Crippen LogP contribution >= 0.6 is 0 Å². The number of fused-ring (bicyclic) bond motifs is 2. The molecule has 0 bridgehead atoms. The molecule has 4 aromatic rings. The standard InChI is InChI=1S/C26H26N4O2/c27-17-19-4-7-24-23(15-19)21(18-28-24)3-1-2-10-29-11-13-30(14-12-29)22-6-8-25-20(16-22)5-9-26(31)32-25/h4-9,15-16,18,28H,1-3,10-14H2. The van der Waals surface area contributed by atoms with Crippen LogP contribution in [0.15, 0.2) is 63.9 Å². The second kappa shape index (κ2) is 8.89. The Bertz CT molecular complexity index is 1340. The van der Waals surface area contributed by atoms with E-state index >= 15 is 0 Å². The minimum Gasteiger partial charge on any atom is -0.423 e. The van der Waals surface area contributed by atoms with Gasteiger partial charge in [-0.25, -0.2) is 4.79 Å². The third-order valence-electron chi connectivity index (χ3n) is 6.41. The molecule has 0 radical (unpaired) electrons. The zero-order chi connectivity index (χ0) is 21.9. The summed E-state index contributed by atoms with van der Waals surface area (Å²) in [6, 6.07) is 17.4. The van der Waals surface area contributed by atoms with E-state index in [9.17, 15) is 4.79 Å². The Kier molecular flexibility index (Phi) is 5.66. The molecule has 0 atom stereocenters. The van der Waals surface area contributed by atoms with E-state index in [-0.39, 0.29) is 5.63 Å². The molecule has 1 fully saturated rings. The topological polar surface area (TPSA) is 76.3 Å². The molecule has 162 valence electrons. The van der Waals surface area contributed by atoms with Gasteiger partial charge in [0.25, 0.3) is 0 Å². The maximum absolute atomic E-state index is 11.4. The predicted octanol–water partition coefficient (Wildman–Crippen LogP) is 4.29. The first-order valence-corrected chi connectivity index (χ1v) is 11.2. The molecular weight excluding hydrogens is 400 g/mol. The summed E-state index contributed by atoms with van der Waals surface area (Å²) in [4.78, 5) is 19.6. The fourth-order valence-corrected chi connectivity index (χ4v) is 4.59. The summed E-state index contributed by atoms with van der Waals surface area (Å²) in [7, 11) is 0. The number of nitrogens with zero attached hydrogens (tertiary/aromatic N) is 3. The van der Waals surface area contributed by atoms with E-state index in [0.29, 0.717) is 11.1 Å². The molecule has 0 unspecified atom stereocenters. The molecule has 6 nitrogen and oxygen atoms in total. The number of unbranched alkanes of at least 4 members (excludes halogenated alkanes) is 1. The highest BCUT2D eigenvalue weighted by molar-refractivity contribution is 5.84. The SMILES string of the molecule is N#Cc1ccc2[nH]cc(CCCCN3CCN(c4ccc5oc(=O)ccc5c4)CC3)c2c1. The van der Waals surface area contributed by atoms with Crippen molar-refractivity contribution in [1.82, 2.24) is 9.88 Å². The molecule has 1 saturated heterocycles. The van der Waals surface area contributed by atoms with E-state index in [1.54, 1.807) is 0 Å². The Labute approximate surface area is 186 Å². The average molecular weight is 427 g/mol. The maximum Gasteiger partial charge on any atom is 0.336 e. The van der Waals surface area contributed by atoms with Crippen LogP contribution in [0.1, 0.15) is 24.0 Å². The van der Waals surface area contributed by atoms with Gasteiger partial charge < -0.3 is 14.3 Å². The number of anilines is 1. The first-order chi connectivity index (χ1) is 15.7. The van der Waals surface area contributed by atoms with Crippen LogP contribution in [0.2, 0.25) is 0 Å². The second-order valence-electron chi connectivity index (χ2n) is 8.45. The summed E-state index contributed by atoms with van der Waals surface area (Å²) < 4.78 is 5.24. The summed E-state index contributed by atoms with van der Waals surface area (Å²) >= 11 is 0. The predicted molar refractivity (Wildman–Crippen MR) is 127 cm³/mol. The van der Waals surface area contributed by atoms with Gasteiger partial charge in [0.2, 0.25) is 0 Å². The zero-order valence-electron chi connectivity index (χ0n) is 18.0. The number of aryl methyl sites for hydroxylation is 1. The van der Waals surface area contributed by atoms with Crippen molar-refractivity contribution >= 4 is 27.6 Å². The van der Waals surface area contributed by atoms with Crippen molar-refractivity contribution in [3.8, 4) is 6.07 Å². The number of aromatic amines is 1. The van der Waals surface area contributed by atoms with Gasteiger partial charge in [0.15, 0.2) is 0 Å². The van der Waals surface area contributed by atoms with Crippen molar-refractivity contribution in [3.05, 3.63) is 76.3 Å². The molecule has 6 heteroatoms. The van der Waals surface area contributed by atoms with Gasteiger partial charge in [-0.2, -0.15) is 5.26 Å². The lowest BCUT2D eigenvalue weighted by atomic mass is 10.1. The largest absolute Gasteiger partial charge is 0.423 e. The molecule has 0 amide bonds. The van der Waals surface area contributed by atoms with Crippen LogP contribution in [0.3, 0.4) is 0 Å². The zero-order valence-corrected chi connectivity index (χ0v) is 18.0. The monoisotopic (exact) mass is 426 g/mol. The Hall–Kier alpha value is -3.56. The van der Waals surface area contributed by atoms with E-state index in [2.05, 4.69) is 33.1 Å². The lowest BCUT2D eigenvalue weighted by Crippen LogP contribution is -2.46. The maximum atomic E-state index is 11.4.